The van der Waals surface area contributed by atoms with E-state index in [0.717, 1.165) is 5.56 Å². The van der Waals surface area contributed by atoms with Crippen LogP contribution in [0.1, 0.15) is 22.8 Å². The number of carbonyl (C=O) groups is 2. The second kappa shape index (κ2) is 8.19. The number of hydrogen-bond acceptors (Lipinski definition) is 3. The van der Waals surface area contributed by atoms with Crippen LogP contribution >= 0.6 is 0 Å². The fraction of sp³-hybridized carbons (Fsp3) is 0.0909. The molecule has 0 aromatic heterocycles. The van der Waals surface area contributed by atoms with Gasteiger partial charge in [0.2, 0.25) is 5.91 Å². The van der Waals surface area contributed by atoms with Crippen LogP contribution in [0.15, 0.2) is 72.8 Å². The summed E-state index contributed by atoms with van der Waals surface area (Å²) in [6.45, 7) is 3.29. The number of para-hydroxylation sites is 1. The van der Waals surface area contributed by atoms with Crippen molar-refractivity contribution in [2.75, 3.05) is 10.6 Å². The first kappa shape index (κ1) is 18.2. The van der Waals surface area contributed by atoms with Crippen LogP contribution < -0.4 is 15.4 Å². The maximum atomic E-state index is 12.7. The zero-order valence-corrected chi connectivity index (χ0v) is 15.2. The molecule has 5 heteroatoms. The normalized spacial score (nSPS) is 10.1. The van der Waals surface area contributed by atoms with Crippen LogP contribution in [-0.4, -0.2) is 11.8 Å². The molecule has 0 saturated carbocycles. The number of carbonyl (C=O) groups excluding carboxylic acids is 2. The predicted molar refractivity (Wildman–Crippen MR) is 106 cm³/mol. The maximum absolute atomic E-state index is 12.7. The van der Waals surface area contributed by atoms with E-state index in [0.29, 0.717) is 28.4 Å². The Labute approximate surface area is 158 Å². The van der Waals surface area contributed by atoms with Gasteiger partial charge in [-0.3, -0.25) is 9.59 Å². The van der Waals surface area contributed by atoms with Gasteiger partial charge in [0.25, 0.3) is 5.91 Å². The first-order valence-electron chi connectivity index (χ1n) is 8.54. The summed E-state index contributed by atoms with van der Waals surface area (Å²) in [6.07, 6.45) is 0. The van der Waals surface area contributed by atoms with Crippen LogP contribution in [0.5, 0.6) is 11.5 Å². The van der Waals surface area contributed by atoms with Gasteiger partial charge in [0, 0.05) is 23.9 Å². The van der Waals surface area contributed by atoms with Crippen molar-refractivity contribution < 1.29 is 14.3 Å². The van der Waals surface area contributed by atoms with Gasteiger partial charge in [-0.05, 0) is 55.0 Å². The maximum Gasteiger partial charge on any atom is 0.255 e. The van der Waals surface area contributed by atoms with Gasteiger partial charge in [-0.25, -0.2) is 0 Å². The van der Waals surface area contributed by atoms with Crippen LogP contribution in [0.4, 0.5) is 11.4 Å². The van der Waals surface area contributed by atoms with E-state index in [1.54, 1.807) is 42.5 Å². The lowest BCUT2D eigenvalue weighted by atomic mass is 10.1. The van der Waals surface area contributed by atoms with Crippen molar-refractivity contribution in [2.45, 2.75) is 13.8 Å². The summed E-state index contributed by atoms with van der Waals surface area (Å²) >= 11 is 0. The molecule has 0 bridgehead atoms. The molecule has 3 rings (SSSR count). The van der Waals surface area contributed by atoms with E-state index in [1.807, 2.05) is 37.3 Å². The molecule has 3 aromatic rings. The van der Waals surface area contributed by atoms with E-state index >= 15 is 0 Å². The van der Waals surface area contributed by atoms with Crippen molar-refractivity contribution in [3.05, 3.63) is 83.9 Å². The molecule has 27 heavy (non-hydrogen) atoms. The van der Waals surface area contributed by atoms with Crippen LogP contribution in [-0.2, 0) is 4.79 Å². The van der Waals surface area contributed by atoms with Crippen molar-refractivity contribution in [3.63, 3.8) is 0 Å². The smallest absolute Gasteiger partial charge is 0.255 e. The molecule has 0 aliphatic carbocycles. The molecular weight excluding hydrogens is 340 g/mol. The fourth-order valence-corrected chi connectivity index (χ4v) is 2.62. The number of benzene rings is 3. The number of amides is 2. The summed E-state index contributed by atoms with van der Waals surface area (Å²) in [5, 5.41) is 5.64. The number of hydrogen-bond donors (Lipinski definition) is 2. The Hall–Kier alpha value is -3.60. The highest BCUT2D eigenvalue weighted by Crippen LogP contribution is 2.25. The third-order valence-electron chi connectivity index (χ3n) is 3.97. The number of rotatable bonds is 5. The molecule has 136 valence electrons. The molecule has 0 fully saturated rings. The molecule has 3 aromatic carbocycles. The minimum absolute atomic E-state index is 0.160. The molecule has 5 nitrogen and oxygen atoms in total. The van der Waals surface area contributed by atoms with Crippen LogP contribution in [0.2, 0.25) is 0 Å². The van der Waals surface area contributed by atoms with E-state index in [9.17, 15) is 9.59 Å². The standard InChI is InChI=1S/C22H20N2O3/c1-15-20(23-16(2)25)12-7-13-21(15)24-22(26)17-8-6-11-19(14-17)27-18-9-4-3-5-10-18/h3-14H,1-2H3,(H,23,25)(H,24,26). The van der Waals surface area contributed by atoms with E-state index < -0.39 is 0 Å². The number of ether oxygens (including phenoxy) is 1. The minimum Gasteiger partial charge on any atom is -0.457 e. The summed E-state index contributed by atoms with van der Waals surface area (Å²) < 4.78 is 5.78. The molecule has 0 atom stereocenters. The van der Waals surface area contributed by atoms with Crippen LogP contribution in [0.25, 0.3) is 0 Å². The molecule has 2 amide bonds. The van der Waals surface area contributed by atoms with Gasteiger partial charge in [-0.15, -0.1) is 0 Å². The van der Waals surface area contributed by atoms with Crippen molar-refractivity contribution in [1.82, 2.24) is 0 Å². The highest BCUT2D eigenvalue weighted by molar-refractivity contribution is 6.05. The van der Waals surface area contributed by atoms with Gasteiger partial charge < -0.3 is 15.4 Å². The first-order chi connectivity index (χ1) is 13.0. The van der Waals surface area contributed by atoms with Gasteiger partial charge in [0.15, 0.2) is 0 Å². The van der Waals surface area contributed by atoms with Gasteiger partial charge >= 0.3 is 0 Å². The molecule has 0 radical (unpaired) electrons. The van der Waals surface area contributed by atoms with Crippen molar-refractivity contribution >= 4 is 23.2 Å². The lowest BCUT2D eigenvalue weighted by molar-refractivity contribution is -0.114. The SMILES string of the molecule is CC(=O)Nc1cccc(NC(=O)c2cccc(Oc3ccccc3)c2)c1C. The lowest BCUT2D eigenvalue weighted by Crippen LogP contribution is -2.14. The molecule has 0 aliphatic rings. The molecule has 0 heterocycles. The fourth-order valence-electron chi connectivity index (χ4n) is 2.62. The van der Waals surface area contributed by atoms with E-state index in [-0.39, 0.29) is 11.8 Å². The second-order valence-corrected chi connectivity index (χ2v) is 6.06. The Morgan fingerprint density at radius 1 is 0.778 bits per heavy atom. The van der Waals surface area contributed by atoms with Gasteiger partial charge in [0.05, 0.1) is 0 Å². The quantitative estimate of drug-likeness (QED) is 0.673. The zero-order chi connectivity index (χ0) is 19.2. The summed E-state index contributed by atoms with van der Waals surface area (Å²) in [6, 6.07) is 21.7. The van der Waals surface area contributed by atoms with Gasteiger partial charge in [0.1, 0.15) is 11.5 Å². The van der Waals surface area contributed by atoms with Crippen LogP contribution in [0, 0.1) is 6.92 Å². The van der Waals surface area contributed by atoms with E-state index in [1.165, 1.54) is 6.92 Å². The van der Waals surface area contributed by atoms with Crippen molar-refractivity contribution in [1.29, 1.82) is 0 Å². The van der Waals surface area contributed by atoms with E-state index in [4.69, 9.17) is 4.74 Å². The highest BCUT2D eigenvalue weighted by Gasteiger charge is 2.11. The third kappa shape index (κ3) is 4.73. The Kier molecular flexibility index (Phi) is 5.52. The zero-order valence-electron chi connectivity index (χ0n) is 15.2. The molecule has 0 saturated heterocycles. The predicted octanol–water partition coefficient (Wildman–Crippen LogP) is 5.00. The number of anilines is 2. The molecule has 2 N–H and O–H groups in total. The molecule has 0 aliphatic heterocycles. The van der Waals surface area contributed by atoms with Crippen molar-refractivity contribution in [2.24, 2.45) is 0 Å². The second-order valence-electron chi connectivity index (χ2n) is 6.06. The first-order valence-corrected chi connectivity index (χ1v) is 8.54. The Morgan fingerprint density at radius 3 is 2.11 bits per heavy atom. The highest BCUT2D eigenvalue weighted by atomic mass is 16.5. The summed E-state index contributed by atoms with van der Waals surface area (Å²) in [4.78, 5) is 23.9. The summed E-state index contributed by atoms with van der Waals surface area (Å²) in [7, 11) is 0. The van der Waals surface area contributed by atoms with Gasteiger partial charge in [-0.1, -0.05) is 30.3 Å². The lowest BCUT2D eigenvalue weighted by Gasteiger charge is -2.13. The monoisotopic (exact) mass is 360 g/mol. The van der Waals surface area contributed by atoms with Crippen LogP contribution in [0.3, 0.4) is 0 Å². The summed E-state index contributed by atoms with van der Waals surface area (Å²) in [5.41, 5.74) is 2.58. The minimum atomic E-state index is -0.253. The van der Waals surface area contributed by atoms with E-state index in [2.05, 4.69) is 10.6 Å². The largest absolute Gasteiger partial charge is 0.457 e. The topological polar surface area (TPSA) is 67.4 Å². The van der Waals surface area contributed by atoms with Gasteiger partial charge in [-0.2, -0.15) is 0 Å². The number of nitrogens with one attached hydrogen (secondary N) is 2. The Bertz CT molecular complexity index is 968. The Balaban J connectivity index is 1.77. The summed E-state index contributed by atoms with van der Waals surface area (Å²) in [5.74, 6) is 0.871. The van der Waals surface area contributed by atoms with Crippen molar-refractivity contribution in [3.8, 4) is 11.5 Å². The molecular formula is C22H20N2O3. The molecule has 0 unspecified atom stereocenters. The third-order valence-corrected chi connectivity index (χ3v) is 3.97. The average molecular weight is 360 g/mol. The Morgan fingerprint density at radius 2 is 1.41 bits per heavy atom. The molecule has 0 spiro atoms. The average Bonchev–Trinajstić information content (AvgIpc) is 2.65.